The number of amides is 1. The smallest absolute Gasteiger partial charge is 0.241 e. The van der Waals surface area contributed by atoms with E-state index in [1.807, 2.05) is 19.1 Å². The Morgan fingerprint density at radius 1 is 1.00 bits per heavy atom. The van der Waals surface area contributed by atoms with Crippen LogP contribution in [-0.4, -0.2) is 30.0 Å². The zero-order valence-corrected chi connectivity index (χ0v) is 16.0. The van der Waals surface area contributed by atoms with Gasteiger partial charge < -0.3 is 5.32 Å². The SMILES string of the molecule is Cc1nc2ccc3nc(NC(=O)CS(=O)(=O)c4ccccc4)sc3c2s1. The molecular weight excluding hydrogens is 390 g/mol. The van der Waals surface area contributed by atoms with Crippen molar-refractivity contribution in [2.24, 2.45) is 0 Å². The van der Waals surface area contributed by atoms with Crippen LogP contribution in [0, 0.1) is 6.92 Å². The van der Waals surface area contributed by atoms with Gasteiger partial charge in [0.25, 0.3) is 0 Å². The Morgan fingerprint density at radius 3 is 2.38 bits per heavy atom. The lowest BCUT2D eigenvalue weighted by molar-refractivity contribution is -0.113. The first-order valence-electron chi connectivity index (χ1n) is 7.67. The molecule has 0 aliphatic carbocycles. The summed E-state index contributed by atoms with van der Waals surface area (Å²) in [6.45, 7) is 1.94. The molecule has 2 aromatic carbocycles. The number of nitrogens with one attached hydrogen (secondary N) is 1. The molecule has 0 bridgehead atoms. The van der Waals surface area contributed by atoms with Crippen molar-refractivity contribution in [3.05, 3.63) is 47.5 Å². The molecule has 0 aliphatic rings. The molecule has 0 aliphatic heterocycles. The number of fused-ring (bicyclic) bond motifs is 3. The molecule has 2 heterocycles. The maximum absolute atomic E-state index is 12.3. The minimum Gasteiger partial charge on any atom is -0.301 e. The minimum absolute atomic E-state index is 0.126. The second kappa shape index (κ2) is 6.42. The molecular formula is C17H13N3O3S3. The fourth-order valence-electron chi connectivity index (χ4n) is 2.58. The van der Waals surface area contributed by atoms with Gasteiger partial charge in [-0.3, -0.25) is 4.79 Å². The first kappa shape index (κ1) is 17.1. The molecule has 6 nitrogen and oxygen atoms in total. The lowest BCUT2D eigenvalue weighted by Gasteiger charge is -2.04. The number of hydrogen-bond donors (Lipinski definition) is 1. The molecule has 4 aromatic rings. The Hall–Kier alpha value is -2.36. The van der Waals surface area contributed by atoms with Gasteiger partial charge in [0.1, 0.15) is 5.75 Å². The molecule has 0 saturated carbocycles. The molecule has 0 fully saturated rings. The Morgan fingerprint density at radius 2 is 1.65 bits per heavy atom. The number of anilines is 1. The summed E-state index contributed by atoms with van der Waals surface area (Å²) < 4.78 is 26.6. The van der Waals surface area contributed by atoms with E-state index in [9.17, 15) is 13.2 Å². The van der Waals surface area contributed by atoms with Crippen molar-refractivity contribution in [3.63, 3.8) is 0 Å². The fraction of sp³-hybridized carbons (Fsp3) is 0.118. The van der Waals surface area contributed by atoms with Gasteiger partial charge in [0, 0.05) is 0 Å². The summed E-state index contributed by atoms with van der Waals surface area (Å²) in [6.07, 6.45) is 0. The van der Waals surface area contributed by atoms with Gasteiger partial charge in [-0.2, -0.15) is 0 Å². The predicted octanol–water partition coefficient (Wildman–Crippen LogP) is 3.63. The minimum atomic E-state index is -3.68. The molecule has 26 heavy (non-hydrogen) atoms. The first-order valence-corrected chi connectivity index (χ1v) is 11.0. The second-order valence-corrected chi connectivity index (χ2v) is 9.83. The van der Waals surface area contributed by atoms with Crippen molar-refractivity contribution in [3.8, 4) is 0 Å². The molecule has 0 spiro atoms. The lowest BCUT2D eigenvalue weighted by Crippen LogP contribution is -2.22. The number of sulfone groups is 1. The molecule has 4 rings (SSSR count). The van der Waals surface area contributed by atoms with Crippen LogP contribution in [0.3, 0.4) is 0 Å². The molecule has 132 valence electrons. The van der Waals surface area contributed by atoms with Gasteiger partial charge in [0.2, 0.25) is 5.91 Å². The number of nitrogens with zero attached hydrogens (tertiary/aromatic N) is 2. The van der Waals surface area contributed by atoms with Gasteiger partial charge in [-0.15, -0.1) is 11.3 Å². The molecule has 0 radical (unpaired) electrons. The van der Waals surface area contributed by atoms with E-state index in [0.717, 1.165) is 25.4 Å². The van der Waals surface area contributed by atoms with Crippen LogP contribution in [0.4, 0.5) is 5.13 Å². The third kappa shape index (κ3) is 3.20. The van der Waals surface area contributed by atoms with E-state index in [1.165, 1.54) is 23.5 Å². The maximum atomic E-state index is 12.3. The van der Waals surface area contributed by atoms with Gasteiger partial charge >= 0.3 is 0 Å². The maximum Gasteiger partial charge on any atom is 0.241 e. The van der Waals surface area contributed by atoms with E-state index in [-0.39, 0.29) is 4.90 Å². The molecule has 0 atom stereocenters. The normalized spacial score (nSPS) is 11.9. The summed E-state index contributed by atoms with van der Waals surface area (Å²) in [5.41, 5.74) is 1.65. The number of benzene rings is 2. The Balaban J connectivity index is 1.59. The van der Waals surface area contributed by atoms with E-state index < -0.39 is 21.5 Å². The van der Waals surface area contributed by atoms with Crippen LogP contribution in [0.5, 0.6) is 0 Å². The average Bonchev–Trinajstić information content (AvgIpc) is 3.16. The number of aromatic nitrogens is 2. The molecule has 1 amide bonds. The van der Waals surface area contributed by atoms with Crippen molar-refractivity contribution in [2.45, 2.75) is 11.8 Å². The largest absolute Gasteiger partial charge is 0.301 e. The Kier molecular flexibility index (Phi) is 4.22. The van der Waals surface area contributed by atoms with Gasteiger partial charge in [-0.05, 0) is 31.2 Å². The van der Waals surface area contributed by atoms with Crippen molar-refractivity contribution >= 4 is 64.0 Å². The van der Waals surface area contributed by atoms with Gasteiger partial charge in [-0.1, -0.05) is 29.5 Å². The summed E-state index contributed by atoms with van der Waals surface area (Å²) in [6, 6.07) is 11.7. The first-order chi connectivity index (χ1) is 12.4. The standard InChI is InChI=1S/C17H13N3O3S3/c1-10-18-12-7-8-13-16(15(12)24-10)25-17(19-13)20-14(21)9-26(22,23)11-5-3-2-4-6-11/h2-8H,9H2,1H3,(H,19,20,21). The number of aryl methyl sites for hydroxylation is 1. The fourth-order valence-corrected chi connectivity index (χ4v) is 5.76. The van der Waals surface area contributed by atoms with Crippen LogP contribution in [0.2, 0.25) is 0 Å². The zero-order valence-electron chi connectivity index (χ0n) is 13.6. The van der Waals surface area contributed by atoms with Crippen LogP contribution in [0.25, 0.3) is 20.4 Å². The molecule has 0 unspecified atom stereocenters. The number of carbonyl (C=O) groups excluding carboxylic acids is 1. The topological polar surface area (TPSA) is 89.0 Å². The van der Waals surface area contributed by atoms with E-state index in [2.05, 4.69) is 15.3 Å². The van der Waals surface area contributed by atoms with Crippen LogP contribution < -0.4 is 5.32 Å². The number of hydrogen-bond acceptors (Lipinski definition) is 7. The van der Waals surface area contributed by atoms with Crippen molar-refractivity contribution < 1.29 is 13.2 Å². The summed E-state index contributed by atoms with van der Waals surface area (Å²) in [7, 11) is -3.68. The van der Waals surface area contributed by atoms with E-state index >= 15 is 0 Å². The Bertz CT molecular complexity index is 1230. The highest BCUT2D eigenvalue weighted by Gasteiger charge is 2.20. The number of rotatable bonds is 4. The summed E-state index contributed by atoms with van der Waals surface area (Å²) in [5.74, 6) is -1.23. The number of carbonyl (C=O) groups is 1. The van der Waals surface area contributed by atoms with E-state index in [4.69, 9.17) is 0 Å². The summed E-state index contributed by atoms with van der Waals surface area (Å²) >= 11 is 2.89. The molecule has 9 heteroatoms. The highest BCUT2D eigenvalue weighted by molar-refractivity contribution is 7.92. The average molecular weight is 404 g/mol. The summed E-state index contributed by atoms with van der Waals surface area (Å²) in [5, 5.41) is 3.94. The van der Waals surface area contributed by atoms with Crippen molar-refractivity contribution in [1.29, 1.82) is 0 Å². The molecule has 2 aromatic heterocycles. The van der Waals surface area contributed by atoms with Crippen LogP contribution in [0.15, 0.2) is 47.4 Å². The van der Waals surface area contributed by atoms with Gasteiger partial charge in [-0.25, -0.2) is 18.4 Å². The van der Waals surface area contributed by atoms with Crippen molar-refractivity contribution in [2.75, 3.05) is 11.1 Å². The molecule has 0 saturated heterocycles. The van der Waals surface area contributed by atoms with Gasteiger partial charge in [0.05, 0.1) is 30.3 Å². The third-order valence-electron chi connectivity index (χ3n) is 3.69. The summed E-state index contributed by atoms with van der Waals surface area (Å²) in [4.78, 5) is 21.2. The monoisotopic (exact) mass is 403 g/mol. The van der Waals surface area contributed by atoms with Crippen LogP contribution in [0.1, 0.15) is 5.01 Å². The number of thiazole rings is 2. The zero-order chi connectivity index (χ0) is 18.3. The third-order valence-corrected chi connectivity index (χ3v) is 7.46. The lowest BCUT2D eigenvalue weighted by atomic mass is 10.3. The van der Waals surface area contributed by atoms with Crippen LogP contribution >= 0.6 is 22.7 Å². The second-order valence-electron chi connectivity index (χ2n) is 5.63. The van der Waals surface area contributed by atoms with Crippen LogP contribution in [-0.2, 0) is 14.6 Å². The Labute approximate surface area is 157 Å². The van der Waals surface area contributed by atoms with E-state index in [0.29, 0.717) is 5.13 Å². The van der Waals surface area contributed by atoms with Crippen molar-refractivity contribution in [1.82, 2.24) is 9.97 Å². The quantitative estimate of drug-likeness (QED) is 0.562. The molecule has 1 N–H and O–H groups in total. The van der Waals surface area contributed by atoms with E-state index in [1.54, 1.807) is 29.5 Å². The predicted molar refractivity (Wildman–Crippen MR) is 105 cm³/mol. The highest BCUT2D eigenvalue weighted by atomic mass is 32.2. The van der Waals surface area contributed by atoms with Gasteiger partial charge in [0.15, 0.2) is 15.0 Å². The highest BCUT2D eigenvalue weighted by Crippen LogP contribution is 2.35.